The van der Waals surface area contributed by atoms with E-state index >= 15 is 0 Å². The van der Waals surface area contributed by atoms with Gasteiger partial charge in [-0.15, -0.1) is 11.3 Å². The van der Waals surface area contributed by atoms with E-state index in [1.807, 2.05) is 25.1 Å². The van der Waals surface area contributed by atoms with Gasteiger partial charge in [0.1, 0.15) is 5.75 Å². The number of hydrogen-bond acceptors (Lipinski definition) is 4. The van der Waals surface area contributed by atoms with E-state index in [1.54, 1.807) is 7.11 Å². The molecule has 2 rings (SSSR count). The first-order valence-electron chi connectivity index (χ1n) is 4.68. The predicted molar refractivity (Wildman–Crippen MR) is 71.0 cm³/mol. The minimum absolute atomic E-state index is 0.593. The molecule has 2 N–H and O–H groups in total. The van der Waals surface area contributed by atoms with Crippen molar-refractivity contribution in [2.75, 3.05) is 12.8 Å². The number of thiazole rings is 1. The highest BCUT2D eigenvalue weighted by molar-refractivity contribution is 9.10. The highest BCUT2D eigenvalue weighted by Gasteiger charge is 2.11. The highest BCUT2D eigenvalue weighted by atomic mass is 79.9. The van der Waals surface area contributed by atoms with Crippen LogP contribution in [0.3, 0.4) is 0 Å². The monoisotopic (exact) mass is 298 g/mol. The van der Waals surface area contributed by atoms with Crippen LogP contribution < -0.4 is 10.5 Å². The Morgan fingerprint density at radius 2 is 2.19 bits per heavy atom. The van der Waals surface area contributed by atoms with Gasteiger partial charge in [0.05, 0.1) is 12.8 Å². The molecular formula is C11H11BrN2OS. The van der Waals surface area contributed by atoms with Gasteiger partial charge < -0.3 is 10.5 Å². The Balaban J connectivity index is 2.52. The molecule has 0 spiro atoms. The lowest BCUT2D eigenvalue weighted by molar-refractivity contribution is 0.414. The average molecular weight is 299 g/mol. The molecule has 3 nitrogen and oxygen atoms in total. The normalized spacial score (nSPS) is 10.4. The van der Waals surface area contributed by atoms with Crippen molar-refractivity contribution in [2.45, 2.75) is 6.92 Å². The van der Waals surface area contributed by atoms with Gasteiger partial charge in [0.25, 0.3) is 0 Å². The molecule has 16 heavy (non-hydrogen) atoms. The largest absolute Gasteiger partial charge is 0.497 e. The summed E-state index contributed by atoms with van der Waals surface area (Å²) in [4.78, 5) is 5.44. The molecule has 5 heteroatoms. The van der Waals surface area contributed by atoms with Gasteiger partial charge in [-0.05, 0) is 41.1 Å². The van der Waals surface area contributed by atoms with Crippen molar-refractivity contribution < 1.29 is 4.74 Å². The second-order valence-electron chi connectivity index (χ2n) is 3.30. The number of benzene rings is 1. The van der Waals surface area contributed by atoms with E-state index in [0.717, 1.165) is 26.4 Å². The maximum absolute atomic E-state index is 5.69. The van der Waals surface area contributed by atoms with Crippen LogP contribution in [0.15, 0.2) is 22.7 Å². The van der Waals surface area contributed by atoms with Crippen molar-refractivity contribution in [2.24, 2.45) is 0 Å². The maximum atomic E-state index is 5.69. The summed E-state index contributed by atoms with van der Waals surface area (Å²) >= 11 is 5.01. The number of nitrogen functional groups attached to an aromatic ring is 1. The van der Waals surface area contributed by atoms with Gasteiger partial charge in [-0.1, -0.05) is 0 Å². The van der Waals surface area contributed by atoms with Crippen LogP contribution in [0.1, 0.15) is 4.88 Å². The molecule has 84 valence electrons. The molecule has 0 saturated heterocycles. The molecule has 0 atom stereocenters. The number of aromatic nitrogens is 1. The Hall–Kier alpha value is -1.07. The first-order valence-corrected chi connectivity index (χ1v) is 6.29. The molecule has 0 aliphatic heterocycles. The number of ether oxygens (including phenoxy) is 1. The second-order valence-corrected chi connectivity index (χ2v) is 5.39. The number of aryl methyl sites for hydroxylation is 1. The van der Waals surface area contributed by atoms with Crippen LogP contribution >= 0.6 is 27.3 Å². The number of nitrogens with two attached hydrogens (primary N) is 1. The summed E-state index contributed by atoms with van der Waals surface area (Å²) in [7, 11) is 1.65. The second kappa shape index (κ2) is 4.43. The van der Waals surface area contributed by atoms with Crippen molar-refractivity contribution in [3.63, 3.8) is 0 Å². The molecule has 2 aromatic rings. The Bertz CT molecular complexity index is 525. The molecule has 1 aromatic carbocycles. The van der Waals surface area contributed by atoms with Crippen LogP contribution in [0.25, 0.3) is 11.3 Å². The number of hydrogen-bond donors (Lipinski definition) is 1. The number of rotatable bonds is 2. The van der Waals surface area contributed by atoms with Gasteiger partial charge in [0, 0.05) is 14.9 Å². The van der Waals surface area contributed by atoms with E-state index in [9.17, 15) is 0 Å². The average Bonchev–Trinajstić information content (AvgIpc) is 2.57. The van der Waals surface area contributed by atoms with Gasteiger partial charge in [-0.2, -0.15) is 0 Å². The first-order chi connectivity index (χ1) is 7.61. The zero-order valence-electron chi connectivity index (χ0n) is 8.95. The molecule has 0 fully saturated rings. The quantitative estimate of drug-likeness (QED) is 0.923. The third kappa shape index (κ3) is 2.05. The van der Waals surface area contributed by atoms with Crippen molar-refractivity contribution in [3.8, 4) is 17.0 Å². The van der Waals surface area contributed by atoms with Crippen LogP contribution in [0.5, 0.6) is 5.75 Å². The van der Waals surface area contributed by atoms with Crippen LogP contribution in [-0.4, -0.2) is 12.1 Å². The fraction of sp³-hybridized carbons (Fsp3) is 0.182. The lowest BCUT2D eigenvalue weighted by Crippen LogP contribution is -1.87. The van der Waals surface area contributed by atoms with E-state index in [1.165, 1.54) is 11.3 Å². The summed E-state index contributed by atoms with van der Waals surface area (Å²) in [5.41, 5.74) is 7.65. The summed E-state index contributed by atoms with van der Waals surface area (Å²) in [6, 6.07) is 5.81. The van der Waals surface area contributed by atoms with Gasteiger partial charge in [-0.3, -0.25) is 0 Å². The van der Waals surface area contributed by atoms with Crippen LogP contribution in [0.4, 0.5) is 5.13 Å². The fourth-order valence-electron chi connectivity index (χ4n) is 1.48. The molecule has 0 saturated carbocycles. The minimum atomic E-state index is 0.593. The highest BCUT2D eigenvalue weighted by Crippen LogP contribution is 2.35. The van der Waals surface area contributed by atoms with Gasteiger partial charge >= 0.3 is 0 Å². The first kappa shape index (κ1) is 11.4. The Morgan fingerprint density at radius 3 is 2.69 bits per heavy atom. The minimum Gasteiger partial charge on any atom is -0.497 e. The van der Waals surface area contributed by atoms with Crippen LogP contribution in [-0.2, 0) is 0 Å². The SMILES string of the molecule is COc1ccc(-c2nc(N)sc2C)c(Br)c1. The van der Waals surface area contributed by atoms with E-state index in [2.05, 4.69) is 20.9 Å². The van der Waals surface area contributed by atoms with E-state index in [-0.39, 0.29) is 0 Å². The van der Waals surface area contributed by atoms with Crippen LogP contribution in [0, 0.1) is 6.92 Å². The molecule has 0 unspecified atom stereocenters. The maximum Gasteiger partial charge on any atom is 0.180 e. The van der Waals surface area contributed by atoms with E-state index in [0.29, 0.717) is 5.13 Å². The van der Waals surface area contributed by atoms with Gasteiger partial charge in [0.15, 0.2) is 5.13 Å². The number of anilines is 1. The Morgan fingerprint density at radius 1 is 1.44 bits per heavy atom. The summed E-state index contributed by atoms with van der Waals surface area (Å²) in [6.07, 6.45) is 0. The summed E-state index contributed by atoms with van der Waals surface area (Å²) in [5.74, 6) is 0.816. The van der Waals surface area contributed by atoms with Gasteiger partial charge in [-0.25, -0.2) is 4.98 Å². The summed E-state index contributed by atoms with van der Waals surface area (Å²) in [5, 5.41) is 0.593. The van der Waals surface area contributed by atoms with Crippen molar-refractivity contribution in [1.29, 1.82) is 0 Å². The van der Waals surface area contributed by atoms with Gasteiger partial charge in [0.2, 0.25) is 0 Å². The zero-order valence-corrected chi connectivity index (χ0v) is 11.4. The summed E-state index contributed by atoms with van der Waals surface area (Å²) in [6.45, 7) is 2.01. The molecule has 1 heterocycles. The Labute approximate surface area is 106 Å². The van der Waals surface area contributed by atoms with E-state index in [4.69, 9.17) is 10.5 Å². The lowest BCUT2D eigenvalue weighted by Gasteiger charge is -2.05. The van der Waals surface area contributed by atoms with Crippen molar-refractivity contribution in [3.05, 3.63) is 27.5 Å². The lowest BCUT2D eigenvalue weighted by atomic mass is 10.1. The molecule has 0 radical (unpaired) electrons. The zero-order chi connectivity index (χ0) is 11.7. The molecule has 0 amide bonds. The number of halogens is 1. The van der Waals surface area contributed by atoms with Crippen molar-refractivity contribution in [1.82, 2.24) is 4.98 Å². The molecule has 1 aromatic heterocycles. The third-order valence-corrected chi connectivity index (χ3v) is 3.70. The standard InChI is InChI=1S/C11H11BrN2OS/c1-6-10(14-11(13)16-6)8-4-3-7(15-2)5-9(8)12/h3-5H,1-2H3,(H2,13,14). The smallest absolute Gasteiger partial charge is 0.180 e. The van der Waals surface area contributed by atoms with Crippen molar-refractivity contribution >= 4 is 32.4 Å². The fourth-order valence-corrected chi connectivity index (χ4v) is 2.73. The topological polar surface area (TPSA) is 48.1 Å². The molecule has 0 aliphatic rings. The number of methoxy groups -OCH3 is 1. The molecular weight excluding hydrogens is 288 g/mol. The molecule has 0 aliphatic carbocycles. The predicted octanol–water partition coefficient (Wildman–Crippen LogP) is 3.47. The summed E-state index contributed by atoms with van der Waals surface area (Å²) < 4.78 is 6.11. The van der Waals surface area contributed by atoms with E-state index < -0.39 is 0 Å². The number of nitrogens with zero attached hydrogens (tertiary/aromatic N) is 1. The molecule has 0 bridgehead atoms. The third-order valence-electron chi connectivity index (χ3n) is 2.24. The van der Waals surface area contributed by atoms with Crippen LogP contribution in [0.2, 0.25) is 0 Å². The Kier molecular flexibility index (Phi) is 3.16.